The third-order valence-corrected chi connectivity index (χ3v) is 0.731. The van der Waals surface area contributed by atoms with Crippen LogP contribution in [0.5, 0.6) is 0 Å². The van der Waals surface area contributed by atoms with Crippen molar-refractivity contribution in [2.24, 2.45) is 0 Å². The van der Waals surface area contributed by atoms with Crippen LogP contribution in [-0.4, -0.2) is 11.2 Å². The van der Waals surface area contributed by atoms with Crippen LogP contribution in [0.1, 0.15) is 0 Å². The van der Waals surface area contributed by atoms with E-state index in [-0.39, 0.29) is 0 Å². The van der Waals surface area contributed by atoms with Crippen LogP contribution >= 0.6 is 15.9 Å². The first kappa shape index (κ1) is 6.74. The van der Waals surface area contributed by atoms with Crippen molar-refractivity contribution in [3.63, 3.8) is 0 Å². The number of hydrogen-bond acceptors (Lipinski definition) is 1. The average molecular weight is 161 g/mol. The van der Waals surface area contributed by atoms with Gasteiger partial charge in [0.25, 0.3) is 0 Å². The highest BCUT2D eigenvalue weighted by Crippen LogP contribution is 1.86. The molecule has 0 radical (unpaired) electrons. The minimum absolute atomic E-state index is 0.751. The highest BCUT2D eigenvalue weighted by molar-refractivity contribution is 9.11. The molecule has 7 heavy (non-hydrogen) atoms. The molecule has 1 nitrogen and oxygen atoms in total. The first-order valence-electron chi connectivity index (χ1n) is 1.72. The molecule has 0 aromatic heterocycles. The molecule has 0 fully saturated rings. The summed E-state index contributed by atoms with van der Waals surface area (Å²) in [6, 6.07) is 0. The monoisotopic (exact) mass is 160 g/mol. The van der Waals surface area contributed by atoms with Gasteiger partial charge in [-0.15, -0.1) is 6.42 Å². The fourth-order valence-electron chi connectivity index (χ4n) is 0.124. The number of terminal acetylenes is 1. The zero-order chi connectivity index (χ0) is 5.70. The lowest BCUT2D eigenvalue weighted by Crippen LogP contribution is -1.93. The molecule has 0 spiro atoms. The van der Waals surface area contributed by atoms with Crippen LogP contribution in [0.4, 0.5) is 0 Å². The molecule has 0 aromatic rings. The van der Waals surface area contributed by atoms with Gasteiger partial charge in [0.05, 0.1) is 0 Å². The van der Waals surface area contributed by atoms with Crippen molar-refractivity contribution in [2.45, 2.75) is 6.10 Å². The standard InChI is InChI=1S/C5H5BrO/c1-2-5(7)3-4-6/h1,3-5,7H. The Kier molecular flexibility index (Phi) is 3.77. The second kappa shape index (κ2) is 3.91. The molecule has 0 bridgehead atoms. The molecule has 0 aromatic carbocycles. The lowest BCUT2D eigenvalue weighted by Gasteiger charge is -1.86. The van der Waals surface area contributed by atoms with E-state index in [1.54, 1.807) is 0 Å². The van der Waals surface area contributed by atoms with E-state index in [9.17, 15) is 0 Å². The summed E-state index contributed by atoms with van der Waals surface area (Å²) in [6.07, 6.45) is 5.49. The average Bonchev–Trinajstić information content (AvgIpc) is 1.68. The minimum atomic E-state index is -0.751. The minimum Gasteiger partial charge on any atom is -0.377 e. The van der Waals surface area contributed by atoms with E-state index in [0.29, 0.717) is 0 Å². The van der Waals surface area contributed by atoms with Crippen LogP contribution < -0.4 is 0 Å². The van der Waals surface area contributed by atoms with E-state index < -0.39 is 6.10 Å². The molecule has 0 saturated heterocycles. The van der Waals surface area contributed by atoms with E-state index in [4.69, 9.17) is 11.5 Å². The Morgan fingerprint density at radius 3 is 2.57 bits per heavy atom. The molecule has 1 unspecified atom stereocenters. The maximum Gasteiger partial charge on any atom is 0.133 e. The first-order chi connectivity index (χ1) is 3.31. The Morgan fingerprint density at radius 1 is 1.86 bits per heavy atom. The zero-order valence-electron chi connectivity index (χ0n) is 3.63. The molecule has 0 aliphatic rings. The smallest absolute Gasteiger partial charge is 0.133 e. The molecule has 1 N–H and O–H groups in total. The third kappa shape index (κ3) is 3.57. The van der Waals surface area contributed by atoms with Crippen molar-refractivity contribution in [3.05, 3.63) is 11.1 Å². The van der Waals surface area contributed by atoms with Crippen molar-refractivity contribution in [1.29, 1.82) is 0 Å². The van der Waals surface area contributed by atoms with Crippen LogP contribution in [-0.2, 0) is 0 Å². The summed E-state index contributed by atoms with van der Waals surface area (Å²) in [6.45, 7) is 0. The second-order valence-electron chi connectivity index (χ2n) is 0.930. The fraction of sp³-hybridized carbons (Fsp3) is 0.200. The number of hydrogen-bond donors (Lipinski definition) is 1. The van der Waals surface area contributed by atoms with Crippen molar-refractivity contribution >= 4 is 15.9 Å². The number of halogens is 1. The maximum absolute atomic E-state index is 8.50. The molecule has 0 amide bonds. The third-order valence-electron chi connectivity index (χ3n) is 0.426. The summed E-state index contributed by atoms with van der Waals surface area (Å²) in [7, 11) is 0. The summed E-state index contributed by atoms with van der Waals surface area (Å²) in [5.74, 6) is 2.10. The molecule has 0 heterocycles. The van der Waals surface area contributed by atoms with Crippen molar-refractivity contribution in [1.82, 2.24) is 0 Å². The Labute approximate surface area is 51.2 Å². The Morgan fingerprint density at radius 2 is 2.43 bits per heavy atom. The predicted octanol–water partition coefficient (Wildman–Crippen LogP) is 0.889. The van der Waals surface area contributed by atoms with Gasteiger partial charge in [0.2, 0.25) is 0 Å². The van der Waals surface area contributed by atoms with E-state index in [0.717, 1.165) is 0 Å². The van der Waals surface area contributed by atoms with E-state index in [1.165, 1.54) is 11.1 Å². The Hall–Kier alpha value is -0.260. The van der Waals surface area contributed by atoms with E-state index in [1.807, 2.05) is 0 Å². The summed E-state index contributed by atoms with van der Waals surface area (Å²) in [5, 5.41) is 8.50. The van der Waals surface area contributed by atoms with Gasteiger partial charge in [-0.1, -0.05) is 21.9 Å². The fourth-order valence-corrected chi connectivity index (χ4v) is 0.414. The van der Waals surface area contributed by atoms with Gasteiger partial charge in [-0.05, 0) is 11.1 Å². The van der Waals surface area contributed by atoms with Gasteiger partial charge in [0.15, 0.2) is 0 Å². The lowest BCUT2D eigenvalue weighted by molar-refractivity contribution is 0.281. The highest BCUT2D eigenvalue weighted by atomic mass is 79.9. The number of rotatable bonds is 1. The van der Waals surface area contributed by atoms with Crippen LogP contribution in [0.15, 0.2) is 11.1 Å². The quantitative estimate of drug-likeness (QED) is 0.566. The predicted molar refractivity (Wildman–Crippen MR) is 32.9 cm³/mol. The van der Waals surface area contributed by atoms with Crippen LogP contribution in [0.2, 0.25) is 0 Å². The molecule has 0 saturated carbocycles. The highest BCUT2D eigenvalue weighted by Gasteiger charge is 1.84. The molecule has 2 heteroatoms. The van der Waals surface area contributed by atoms with E-state index >= 15 is 0 Å². The molecular weight excluding hydrogens is 156 g/mol. The summed E-state index contributed by atoms with van der Waals surface area (Å²) < 4.78 is 0. The maximum atomic E-state index is 8.50. The second-order valence-corrected chi connectivity index (χ2v) is 1.46. The van der Waals surface area contributed by atoms with Crippen LogP contribution in [0.3, 0.4) is 0 Å². The zero-order valence-corrected chi connectivity index (χ0v) is 5.22. The Bertz CT molecular complexity index is 101. The van der Waals surface area contributed by atoms with Crippen molar-refractivity contribution in [3.8, 4) is 12.3 Å². The topological polar surface area (TPSA) is 20.2 Å². The molecule has 38 valence electrons. The molecular formula is C5H5BrO. The van der Waals surface area contributed by atoms with Crippen LogP contribution in [0.25, 0.3) is 0 Å². The van der Waals surface area contributed by atoms with E-state index in [2.05, 4.69) is 21.9 Å². The van der Waals surface area contributed by atoms with Gasteiger partial charge in [-0.3, -0.25) is 0 Å². The number of aliphatic hydroxyl groups excluding tert-OH is 1. The van der Waals surface area contributed by atoms with Gasteiger partial charge in [-0.25, -0.2) is 0 Å². The van der Waals surface area contributed by atoms with Crippen molar-refractivity contribution < 1.29 is 5.11 Å². The van der Waals surface area contributed by atoms with Gasteiger partial charge < -0.3 is 5.11 Å². The largest absolute Gasteiger partial charge is 0.377 e. The summed E-state index contributed by atoms with van der Waals surface area (Å²) >= 11 is 2.95. The van der Waals surface area contributed by atoms with Crippen molar-refractivity contribution in [2.75, 3.05) is 0 Å². The number of aliphatic hydroxyl groups is 1. The molecule has 0 aliphatic heterocycles. The normalized spacial score (nSPS) is 13.9. The summed E-state index contributed by atoms with van der Waals surface area (Å²) in [4.78, 5) is 1.53. The van der Waals surface area contributed by atoms with Gasteiger partial charge >= 0.3 is 0 Å². The van der Waals surface area contributed by atoms with Crippen LogP contribution in [0, 0.1) is 12.3 Å². The first-order valence-corrected chi connectivity index (χ1v) is 2.64. The lowest BCUT2D eigenvalue weighted by atomic mass is 10.4. The van der Waals surface area contributed by atoms with Gasteiger partial charge in [-0.2, -0.15) is 0 Å². The van der Waals surface area contributed by atoms with Gasteiger partial charge in [0, 0.05) is 0 Å². The van der Waals surface area contributed by atoms with Gasteiger partial charge in [0.1, 0.15) is 6.10 Å². The molecule has 0 rings (SSSR count). The molecule has 1 atom stereocenters. The SMILES string of the molecule is C#CC(O)C=CBr. The Balaban J connectivity index is 3.42. The summed E-state index contributed by atoms with van der Waals surface area (Å²) in [5.41, 5.74) is 0. The molecule has 0 aliphatic carbocycles.